The molecule has 0 bridgehead atoms. The number of aromatic nitrogens is 1. The number of aliphatic carboxylic acids is 1. The highest BCUT2D eigenvalue weighted by atomic mass is 32.1. The maximum atomic E-state index is 12.1. The molecule has 0 saturated heterocycles. The minimum Gasteiger partial charge on any atom is -0.481 e. The van der Waals surface area contributed by atoms with E-state index in [2.05, 4.69) is 11.1 Å². The van der Waals surface area contributed by atoms with E-state index >= 15 is 0 Å². The maximum Gasteiger partial charge on any atom is 0.309 e. The van der Waals surface area contributed by atoms with Crippen LogP contribution in [0.4, 0.5) is 0 Å². The summed E-state index contributed by atoms with van der Waals surface area (Å²) in [5.41, 5.74) is -0.917. The first-order valence-corrected chi connectivity index (χ1v) is 9.24. The SMILES string of the molecule is [2H]C([2H])([2H])C(Cc1cc2c(-c3ccc(C#N)c4ccccc34)cncc2s1)(C(=O)O)C([2H])([2H])[2H]. The van der Waals surface area contributed by atoms with Crippen molar-refractivity contribution in [2.45, 2.75) is 20.1 Å². The molecule has 2 aromatic carbocycles. The Kier molecular flexibility index (Phi) is 2.95. The molecule has 0 aliphatic carbocycles. The number of carbonyl (C=O) groups is 1. The summed E-state index contributed by atoms with van der Waals surface area (Å²) in [4.78, 5) is 16.7. The van der Waals surface area contributed by atoms with Crippen LogP contribution in [0.25, 0.3) is 32.0 Å². The van der Waals surface area contributed by atoms with Gasteiger partial charge in [0.2, 0.25) is 0 Å². The van der Waals surface area contributed by atoms with Crippen LogP contribution in [-0.4, -0.2) is 16.1 Å². The third-order valence-corrected chi connectivity index (χ3v) is 5.71. The number of carboxylic acids is 1. The third kappa shape index (κ3) is 3.02. The topological polar surface area (TPSA) is 74.0 Å². The van der Waals surface area contributed by atoms with Crippen LogP contribution in [0, 0.1) is 16.7 Å². The average molecular weight is 393 g/mol. The van der Waals surface area contributed by atoms with Gasteiger partial charge in [-0.3, -0.25) is 9.78 Å². The lowest BCUT2D eigenvalue weighted by Crippen LogP contribution is -2.25. The molecule has 0 atom stereocenters. The van der Waals surface area contributed by atoms with Crippen molar-refractivity contribution in [3.63, 3.8) is 0 Å². The molecular weight excluding hydrogens is 368 g/mol. The zero-order valence-corrected chi connectivity index (χ0v) is 15.4. The fourth-order valence-electron chi connectivity index (χ4n) is 3.28. The zero-order chi connectivity index (χ0) is 24.9. The number of hydrogen-bond acceptors (Lipinski definition) is 4. The fraction of sp³-hybridized carbons (Fsp3) is 0.174. The molecule has 2 aromatic heterocycles. The normalized spacial score (nSPS) is 15.7. The summed E-state index contributed by atoms with van der Waals surface area (Å²) in [6.07, 6.45) is 2.54. The summed E-state index contributed by atoms with van der Waals surface area (Å²) in [6.45, 7) is -6.52. The summed E-state index contributed by atoms with van der Waals surface area (Å²) in [7, 11) is 0. The molecule has 0 radical (unpaired) electrons. The Hall–Kier alpha value is -3.23. The van der Waals surface area contributed by atoms with Crippen molar-refractivity contribution in [3.05, 3.63) is 65.3 Å². The van der Waals surface area contributed by atoms with Crippen LogP contribution < -0.4 is 0 Å². The Bertz CT molecular complexity index is 1450. The van der Waals surface area contributed by atoms with E-state index in [4.69, 9.17) is 8.22 Å². The zero-order valence-electron chi connectivity index (χ0n) is 20.6. The highest BCUT2D eigenvalue weighted by Crippen LogP contribution is 2.39. The molecule has 0 amide bonds. The number of rotatable bonds is 4. The van der Waals surface area contributed by atoms with E-state index in [1.54, 1.807) is 30.6 Å². The van der Waals surface area contributed by atoms with Gasteiger partial charge in [0.05, 0.1) is 21.7 Å². The van der Waals surface area contributed by atoms with Gasteiger partial charge in [0.25, 0.3) is 0 Å². The first-order valence-electron chi connectivity index (χ1n) is 11.4. The predicted octanol–water partition coefficient (Wildman–Crippen LogP) is 5.64. The van der Waals surface area contributed by atoms with E-state index in [0.29, 0.717) is 26.1 Å². The van der Waals surface area contributed by atoms with Crippen molar-refractivity contribution in [2.75, 3.05) is 0 Å². The van der Waals surface area contributed by atoms with Gasteiger partial charge in [-0.2, -0.15) is 5.26 Å². The Morgan fingerprint density at radius 2 is 1.96 bits per heavy atom. The Morgan fingerprint density at radius 1 is 1.18 bits per heavy atom. The fourth-order valence-corrected chi connectivity index (χ4v) is 4.42. The Morgan fingerprint density at radius 3 is 2.68 bits per heavy atom. The van der Waals surface area contributed by atoms with Gasteiger partial charge in [0.1, 0.15) is 0 Å². The predicted molar refractivity (Wildman–Crippen MR) is 112 cm³/mol. The van der Waals surface area contributed by atoms with Crippen LogP contribution >= 0.6 is 11.3 Å². The second-order valence-corrected chi connectivity index (χ2v) is 7.69. The minimum absolute atomic E-state index is 0.317. The first kappa shape index (κ1) is 12.3. The lowest BCUT2D eigenvalue weighted by molar-refractivity contribution is -0.146. The van der Waals surface area contributed by atoms with Gasteiger partial charge in [-0.1, -0.05) is 30.3 Å². The lowest BCUT2D eigenvalue weighted by Gasteiger charge is -2.17. The van der Waals surface area contributed by atoms with E-state index < -0.39 is 31.5 Å². The van der Waals surface area contributed by atoms with Crippen molar-refractivity contribution < 1.29 is 18.1 Å². The van der Waals surface area contributed by atoms with Crippen molar-refractivity contribution in [1.82, 2.24) is 4.98 Å². The maximum absolute atomic E-state index is 12.1. The number of thiophene rings is 1. The van der Waals surface area contributed by atoms with Gasteiger partial charge in [-0.05, 0) is 43.2 Å². The second kappa shape index (κ2) is 6.74. The Balaban J connectivity index is 1.92. The molecule has 1 N–H and O–H groups in total. The van der Waals surface area contributed by atoms with Crippen molar-refractivity contribution in [1.29, 1.82) is 5.26 Å². The molecule has 2 heterocycles. The highest BCUT2D eigenvalue weighted by molar-refractivity contribution is 7.19. The van der Waals surface area contributed by atoms with Crippen LogP contribution in [0.3, 0.4) is 0 Å². The number of hydrogen-bond donors (Lipinski definition) is 1. The molecule has 0 saturated carbocycles. The molecule has 138 valence electrons. The van der Waals surface area contributed by atoms with Gasteiger partial charge in [-0.15, -0.1) is 11.3 Å². The summed E-state index contributed by atoms with van der Waals surface area (Å²) < 4.78 is 47.3. The molecule has 0 aliphatic heterocycles. The van der Waals surface area contributed by atoms with Crippen molar-refractivity contribution in [3.8, 4) is 17.2 Å². The van der Waals surface area contributed by atoms with Gasteiger partial charge >= 0.3 is 5.97 Å². The van der Waals surface area contributed by atoms with Crippen LogP contribution in [-0.2, 0) is 11.2 Å². The summed E-state index contributed by atoms with van der Waals surface area (Å²) in [5, 5.41) is 21.5. The van der Waals surface area contributed by atoms with Crippen LogP contribution in [0.2, 0.25) is 0 Å². The standard InChI is InChI=1S/C23H18N2O2S/c1-23(2,22(26)27)10-15-9-19-20(12-25-13-21(19)28-15)18-8-7-14(11-24)16-5-3-4-6-17(16)18/h3-9,12-13H,10H2,1-2H3,(H,26,27)/i1D3,2D3. The van der Waals surface area contributed by atoms with E-state index in [9.17, 15) is 15.2 Å². The average Bonchev–Trinajstić information content (AvgIpc) is 3.17. The summed E-state index contributed by atoms with van der Waals surface area (Å²) in [6, 6.07) is 14.8. The highest BCUT2D eigenvalue weighted by Gasteiger charge is 2.28. The number of pyridine rings is 1. The molecular formula is C23H18N2O2S. The number of nitriles is 1. The number of benzene rings is 2. The summed E-state index contributed by atoms with van der Waals surface area (Å²) >= 11 is 1.12. The molecule has 4 aromatic rings. The van der Waals surface area contributed by atoms with Crippen LogP contribution in [0.5, 0.6) is 0 Å². The number of fused-ring (bicyclic) bond motifs is 2. The summed E-state index contributed by atoms with van der Waals surface area (Å²) in [5.74, 6) is -1.89. The van der Waals surface area contributed by atoms with Crippen molar-refractivity contribution in [2.24, 2.45) is 5.41 Å². The second-order valence-electron chi connectivity index (χ2n) is 6.52. The van der Waals surface area contributed by atoms with Crippen LogP contribution in [0.15, 0.2) is 54.9 Å². The van der Waals surface area contributed by atoms with E-state index in [-0.39, 0.29) is 0 Å². The van der Waals surface area contributed by atoms with Crippen LogP contribution in [0.1, 0.15) is 32.4 Å². The molecule has 0 spiro atoms. The third-order valence-electron chi connectivity index (χ3n) is 4.64. The quantitative estimate of drug-likeness (QED) is 0.487. The van der Waals surface area contributed by atoms with Gasteiger partial charge in [0, 0.05) is 41.8 Å². The molecule has 5 heteroatoms. The number of carboxylic acid groups (broad SMARTS) is 1. The number of nitrogens with zero attached hydrogens (tertiary/aromatic N) is 2. The van der Waals surface area contributed by atoms with E-state index in [0.717, 1.165) is 27.7 Å². The first-order chi connectivity index (χ1) is 15.9. The molecule has 4 nitrogen and oxygen atoms in total. The molecule has 0 aliphatic rings. The van der Waals surface area contributed by atoms with E-state index in [1.807, 2.05) is 24.3 Å². The smallest absolute Gasteiger partial charge is 0.309 e. The van der Waals surface area contributed by atoms with Crippen molar-refractivity contribution >= 4 is 38.2 Å². The Labute approximate surface area is 175 Å². The largest absolute Gasteiger partial charge is 0.481 e. The van der Waals surface area contributed by atoms with Gasteiger partial charge in [-0.25, -0.2) is 0 Å². The van der Waals surface area contributed by atoms with Gasteiger partial charge < -0.3 is 5.11 Å². The molecule has 4 rings (SSSR count). The lowest BCUT2D eigenvalue weighted by atomic mass is 9.88. The molecule has 0 unspecified atom stereocenters. The molecule has 28 heavy (non-hydrogen) atoms. The minimum atomic E-state index is -3.26. The van der Waals surface area contributed by atoms with Gasteiger partial charge in [0.15, 0.2) is 0 Å². The molecule has 0 fully saturated rings. The monoisotopic (exact) mass is 392 g/mol. The van der Waals surface area contributed by atoms with E-state index in [1.165, 1.54) is 0 Å².